The molecule has 5 rings (SSSR count). The predicted octanol–water partition coefficient (Wildman–Crippen LogP) is 4.35. The molecule has 0 saturated carbocycles. The number of halogens is 1. The Morgan fingerprint density at radius 3 is 2.78 bits per heavy atom. The van der Waals surface area contributed by atoms with Crippen LogP contribution in [0.1, 0.15) is 42.2 Å². The molecule has 0 aliphatic carbocycles. The number of pyridine rings is 2. The minimum Gasteiger partial charge on any atom is -0.482 e. The molecule has 0 aromatic carbocycles. The summed E-state index contributed by atoms with van der Waals surface area (Å²) in [5.74, 6) is 0.837. The van der Waals surface area contributed by atoms with Gasteiger partial charge in [-0.15, -0.1) is 0 Å². The van der Waals surface area contributed by atoms with Crippen molar-refractivity contribution >= 4 is 17.4 Å². The number of anilines is 1. The minimum atomic E-state index is -0.315. The van der Waals surface area contributed by atoms with Crippen molar-refractivity contribution in [2.24, 2.45) is 7.05 Å². The molecule has 0 fully saturated rings. The molecule has 5 heterocycles. The van der Waals surface area contributed by atoms with Crippen LogP contribution in [0.4, 0.5) is 5.82 Å². The first-order valence-electron chi connectivity index (χ1n) is 10.5. The Morgan fingerprint density at radius 2 is 2.00 bits per heavy atom. The molecule has 2 bridgehead atoms. The molecular formula is C23H24ClN7O. The first-order valence-corrected chi connectivity index (χ1v) is 10.9. The maximum Gasteiger partial charge on any atom is 0.166 e. The molecule has 1 aliphatic heterocycles. The zero-order valence-electron chi connectivity index (χ0n) is 18.4. The third-order valence-electron chi connectivity index (χ3n) is 5.75. The van der Waals surface area contributed by atoms with Gasteiger partial charge in [0.05, 0.1) is 11.4 Å². The molecule has 0 amide bonds. The minimum absolute atomic E-state index is 0.315. The van der Waals surface area contributed by atoms with Gasteiger partial charge in [0.1, 0.15) is 11.8 Å². The Morgan fingerprint density at radius 1 is 1.19 bits per heavy atom. The van der Waals surface area contributed by atoms with E-state index in [0.29, 0.717) is 29.7 Å². The predicted molar refractivity (Wildman–Crippen MR) is 124 cm³/mol. The molecule has 1 aliphatic rings. The molecule has 32 heavy (non-hydrogen) atoms. The fraction of sp³-hybridized carbons (Fsp3) is 0.304. The Balaban J connectivity index is 1.84. The number of hydrogen-bond donors (Lipinski definition) is 1. The van der Waals surface area contributed by atoms with Gasteiger partial charge < -0.3 is 10.5 Å². The lowest BCUT2D eigenvalue weighted by Gasteiger charge is -2.20. The number of aryl methyl sites for hydroxylation is 3. The largest absolute Gasteiger partial charge is 0.482 e. The van der Waals surface area contributed by atoms with Gasteiger partial charge in [-0.05, 0) is 38.5 Å². The molecule has 8 nitrogen and oxygen atoms in total. The fourth-order valence-corrected chi connectivity index (χ4v) is 4.52. The van der Waals surface area contributed by atoms with E-state index in [-0.39, 0.29) is 6.10 Å². The van der Waals surface area contributed by atoms with Crippen LogP contribution in [0, 0.1) is 6.92 Å². The Labute approximate surface area is 191 Å². The second-order valence-electron chi connectivity index (χ2n) is 8.11. The van der Waals surface area contributed by atoms with Gasteiger partial charge in [-0.1, -0.05) is 11.6 Å². The smallest absolute Gasteiger partial charge is 0.166 e. The van der Waals surface area contributed by atoms with Crippen molar-refractivity contribution in [2.45, 2.75) is 39.8 Å². The van der Waals surface area contributed by atoms with E-state index in [2.05, 4.69) is 16.1 Å². The van der Waals surface area contributed by atoms with E-state index in [1.165, 1.54) is 0 Å². The monoisotopic (exact) mass is 449 g/mol. The van der Waals surface area contributed by atoms with Crippen LogP contribution in [0.15, 0.2) is 30.7 Å². The third-order valence-corrected chi connectivity index (χ3v) is 6.05. The molecule has 9 heteroatoms. The van der Waals surface area contributed by atoms with E-state index in [0.717, 1.165) is 44.9 Å². The summed E-state index contributed by atoms with van der Waals surface area (Å²) in [6, 6.07) is 3.99. The average Bonchev–Trinajstić information content (AvgIpc) is 3.28. The second kappa shape index (κ2) is 7.63. The third kappa shape index (κ3) is 3.31. The number of fused-ring (bicyclic) bond motifs is 7. The topological polar surface area (TPSA) is 96.7 Å². The van der Waals surface area contributed by atoms with Crippen molar-refractivity contribution in [3.8, 4) is 28.4 Å². The number of nitrogens with zero attached hydrogens (tertiary/aromatic N) is 6. The molecular weight excluding hydrogens is 426 g/mol. The summed E-state index contributed by atoms with van der Waals surface area (Å²) in [6.07, 6.45) is 5.84. The van der Waals surface area contributed by atoms with Gasteiger partial charge >= 0.3 is 0 Å². The van der Waals surface area contributed by atoms with E-state index >= 15 is 0 Å². The normalized spacial score (nSPS) is 15.1. The van der Waals surface area contributed by atoms with Gasteiger partial charge in [-0.2, -0.15) is 10.2 Å². The number of ether oxygens (including phenoxy) is 1. The first kappa shape index (κ1) is 20.5. The zero-order chi connectivity index (χ0) is 22.6. The SMILES string of the molecule is CCn1nc(Cl)c2c1-c1cnc(N)c(c1)OC(C)c1cc(C)cnc1-c1nn(C)cc1C2. The number of aromatic nitrogens is 6. The van der Waals surface area contributed by atoms with Crippen LogP contribution in [-0.4, -0.2) is 29.5 Å². The highest BCUT2D eigenvalue weighted by molar-refractivity contribution is 6.30. The highest BCUT2D eigenvalue weighted by Crippen LogP contribution is 2.39. The van der Waals surface area contributed by atoms with E-state index in [1.54, 1.807) is 10.9 Å². The summed E-state index contributed by atoms with van der Waals surface area (Å²) in [6.45, 7) is 6.69. The lowest BCUT2D eigenvalue weighted by Crippen LogP contribution is -2.10. The zero-order valence-corrected chi connectivity index (χ0v) is 19.2. The van der Waals surface area contributed by atoms with Crippen LogP contribution in [0.3, 0.4) is 0 Å². The van der Waals surface area contributed by atoms with Crippen LogP contribution < -0.4 is 10.5 Å². The molecule has 0 radical (unpaired) electrons. The summed E-state index contributed by atoms with van der Waals surface area (Å²) < 4.78 is 10.0. The maximum atomic E-state index is 6.64. The van der Waals surface area contributed by atoms with Crippen LogP contribution in [-0.2, 0) is 20.0 Å². The highest BCUT2D eigenvalue weighted by Gasteiger charge is 2.26. The van der Waals surface area contributed by atoms with Crippen molar-refractivity contribution in [2.75, 3.05) is 5.73 Å². The summed E-state index contributed by atoms with van der Waals surface area (Å²) in [7, 11) is 1.91. The van der Waals surface area contributed by atoms with Crippen LogP contribution in [0.2, 0.25) is 5.15 Å². The molecule has 4 aromatic heterocycles. The number of hydrogen-bond acceptors (Lipinski definition) is 6. The number of nitrogens with two attached hydrogens (primary N) is 1. The van der Waals surface area contributed by atoms with Crippen LogP contribution >= 0.6 is 11.6 Å². The molecule has 0 saturated heterocycles. The Bertz CT molecular complexity index is 1340. The van der Waals surface area contributed by atoms with E-state index < -0.39 is 0 Å². The van der Waals surface area contributed by atoms with Crippen molar-refractivity contribution in [1.29, 1.82) is 0 Å². The van der Waals surface area contributed by atoms with Gasteiger partial charge in [0.2, 0.25) is 0 Å². The second-order valence-corrected chi connectivity index (χ2v) is 8.46. The Kier molecular flexibility index (Phi) is 4.89. The standard InChI is InChI=1S/C23H24ClN7O/c1-5-31-21-14-8-18(23(25)27-10-14)32-13(3)16-6-12(2)9-26-20(16)19-15(11-30(4)28-19)7-17(21)22(24)29-31/h6,8-11,13H,5,7H2,1-4H3,(H2,25,27). The van der Waals surface area contributed by atoms with Crippen molar-refractivity contribution in [3.05, 3.63) is 58.1 Å². The molecule has 2 N–H and O–H groups in total. The van der Waals surface area contributed by atoms with E-state index in [1.807, 2.05) is 51.0 Å². The van der Waals surface area contributed by atoms with Gasteiger partial charge in [0.25, 0.3) is 0 Å². The first-order chi connectivity index (χ1) is 15.4. The van der Waals surface area contributed by atoms with Gasteiger partial charge in [-0.3, -0.25) is 14.3 Å². The molecule has 164 valence electrons. The van der Waals surface area contributed by atoms with Gasteiger partial charge in [0, 0.05) is 60.9 Å². The number of nitrogen functional groups attached to an aromatic ring is 1. The quantitative estimate of drug-likeness (QED) is 0.464. The van der Waals surface area contributed by atoms with Crippen LogP contribution in [0.5, 0.6) is 5.75 Å². The average molecular weight is 450 g/mol. The summed E-state index contributed by atoms with van der Waals surface area (Å²) in [5, 5.41) is 9.78. The van der Waals surface area contributed by atoms with Crippen LogP contribution in [0.25, 0.3) is 22.6 Å². The van der Waals surface area contributed by atoms with Crippen molar-refractivity contribution < 1.29 is 4.74 Å². The number of rotatable bonds is 1. The highest BCUT2D eigenvalue weighted by atomic mass is 35.5. The summed E-state index contributed by atoms with van der Waals surface area (Å²) >= 11 is 6.64. The molecule has 1 atom stereocenters. The van der Waals surface area contributed by atoms with Gasteiger partial charge in [-0.25, -0.2) is 4.98 Å². The van der Waals surface area contributed by atoms with E-state index in [4.69, 9.17) is 32.2 Å². The fourth-order valence-electron chi connectivity index (χ4n) is 4.27. The van der Waals surface area contributed by atoms with Crippen molar-refractivity contribution in [3.63, 3.8) is 0 Å². The Hall–Kier alpha value is -3.39. The molecule has 4 aromatic rings. The molecule has 1 unspecified atom stereocenters. The van der Waals surface area contributed by atoms with Crippen molar-refractivity contribution in [1.82, 2.24) is 29.5 Å². The van der Waals surface area contributed by atoms with Gasteiger partial charge in [0.15, 0.2) is 16.7 Å². The lowest BCUT2D eigenvalue weighted by atomic mass is 9.97. The summed E-state index contributed by atoms with van der Waals surface area (Å²) in [5.41, 5.74) is 13.4. The lowest BCUT2D eigenvalue weighted by molar-refractivity contribution is 0.228. The van der Waals surface area contributed by atoms with E-state index in [9.17, 15) is 0 Å². The maximum absolute atomic E-state index is 6.64. The summed E-state index contributed by atoms with van der Waals surface area (Å²) in [4.78, 5) is 9.15. The molecule has 0 spiro atoms.